The summed E-state index contributed by atoms with van der Waals surface area (Å²) < 4.78 is 0. The second-order valence-corrected chi connectivity index (χ2v) is 33.4. The van der Waals surface area contributed by atoms with E-state index in [4.69, 9.17) is 0 Å². The zero-order chi connectivity index (χ0) is 59.7. The van der Waals surface area contributed by atoms with Crippen molar-refractivity contribution in [3.63, 3.8) is 0 Å². The van der Waals surface area contributed by atoms with Crippen molar-refractivity contribution < 1.29 is 0 Å². The number of hydrogen-bond donors (Lipinski definition) is 2. The molecule has 0 spiro atoms. The van der Waals surface area contributed by atoms with Crippen LogP contribution in [-0.2, 0) is 0 Å². The highest BCUT2D eigenvalue weighted by atomic mass is 15.2. The van der Waals surface area contributed by atoms with Gasteiger partial charge >= 0.3 is 0 Å². The molecular formula is C71H152N6. The normalized spacial score (nSPS) is 20.0. The van der Waals surface area contributed by atoms with Crippen molar-refractivity contribution in [2.45, 2.75) is 308 Å². The molecule has 466 valence electrons. The van der Waals surface area contributed by atoms with Gasteiger partial charge in [0.2, 0.25) is 0 Å². The first kappa shape index (κ1) is 78.8. The first-order valence-corrected chi connectivity index (χ1v) is 33.7. The molecule has 5 fully saturated rings. The zero-order valence-electron chi connectivity index (χ0n) is 58.8. The predicted octanol–water partition coefficient (Wildman–Crippen LogP) is 19.3. The van der Waals surface area contributed by atoms with Crippen LogP contribution in [0.15, 0.2) is 0 Å². The maximum absolute atomic E-state index is 3.65. The summed E-state index contributed by atoms with van der Waals surface area (Å²) in [6.45, 7) is 75.6. The standard InChI is InChI=1S/C13H25N.2C13H27N.C12H27N.C11H25N.C9H21N/c1-13(2,3)9-14-8-11-5-4-10-6-12(11)7-10;1-5-14(11-13(2,3)4)10-12-8-6-7-9-12;1-5-14(11-13(2,3)4)12-9-7-6-8-10-12;1-6-7-10-13(5)11-8-9-12(2,3)4;1-9(2)8-12-10(3)7-11(4,5)6;1-6-10(7-2)8-9(3,4)5/h10-12,14H,4-9H2,1-3H3;2*12H,5-11H2,1-4H3;6-11H2,1-5H3;9-10,12H,7-8H2,1-6H3;6-8H2,1-5H3. The van der Waals surface area contributed by atoms with Gasteiger partial charge in [-0.3, -0.25) is 0 Å². The van der Waals surface area contributed by atoms with Crippen molar-refractivity contribution in [1.29, 1.82) is 0 Å². The van der Waals surface area contributed by atoms with Gasteiger partial charge in [0.1, 0.15) is 0 Å². The molecule has 5 aliphatic rings. The fourth-order valence-corrected chi connectivity index (χ4v) is 12.0. The molecule has 0 amide bonds. The van der Waals surface area contributed by atoms with Crippen LogP contribution in [-0.4, -0.2) is 124 Å². The lowest BCUT2D eigenvalue weighted by Crippen LogP contribution is -2.42. The van der Waals surface area contributed by atoms with E-state index in [9.17, 15) is 0 Å². The molecule has 0 aromatic carbocycles. The van der Waals surface area contributed by atoms with Crippen molar-refractivity contribution in [2.24, 2.45) is 62.1 Å². The van der Waals surface area contributed by atoms with Crippen molar-refractivity contribution in [2.75, 3.05) is 92.1 Å². The lowest BCUT2D eigenvalue weighted by atomic mass is 9.60. The van der Waals surface area contributed by atoms with Crippen LogP contribution >= 0.6 is 0 Å². The lowest BCUT2D eigenvalue weighted by molar-refractivity contribution is 0.0489. The molecule has 5 saturated carbocycles. The maximum atomic E-state index is 3.65. The summed E-state index contributed by atoms with van der Waals surface area (Å²) >= 11 is 0. The van der Waals surface area contributed by atoms with Gasteiger partial charge in [0.25, 0.3) is 0 Å². The second kappa shape index (κ2) is 40.9. The molecule has 5 rings (SSSR count). The van der Waals surface area contributed by atoms with Crippen LogP contribution in [0, 0.1) is 62.1 Å². The molecule has 2 unspecified atom stereocenters. The van der Waals surface area contributed by atoms with Gasteiger partial charge in [-0.2, -0.15) is 0 Å². The molecular weight excluding hydrogens is 937 g/mol. The van der Waals surface area contributed by atoms with Crippen LogP contribution in [0.3, 0.4) is 0 Å². The highest BCUT2D eigenvalue weighted by molar-refractivity contribution is 4.91. The van der Waals surface area contributed by atoms with Gasteiger partial charge in [0.05, 0.1) is 0 Å². The van der Waals surface area contributed by atoms with E-state index in [0.717, 1.165) is 42.2 Å². The summed E-state index contributed by atoms with van der Waals surface area (Å²) in [4.78, 5) is 10.2. The monoisotopic (exact) mass is 1090 g/mol. The summed E-state index contributed by atoms with van der Waals surface area (Å²) in [5, 5.41) is 7.19. The van der Waals surface area contributed by atoms with Crippen LogP contribution in [0.5, 0.6) is 0 Å². The average Bonchev–Trinajstić information content (AvgIpc) is 3.80. The topological polar surface area (TPSA) is 37.0 Å². The molecule has 0 aromatic rings. The molecule has 6 nitrogen and oxygen atoms in total. The number of nitrogens with zero attached hydrogens (tertiary/aromatic N) is 4. The van der Waals surface area contributed by atoms with E-state index < -0.39 is 0 Å². The molecule has 2 atom stereocenters. The van der Waals surface area contributed by atoms with E-state index in [0.29, 0.717) is 38.5 Å². The fraction of sp³-hybridized carbons (Fsp3) is 1.00. The number of fused-ring (bicyclic) bond motifs is 2. The summed E-state index contributed by atoms with van der Waals surface area (Å²) in [6, 6.07) is 1.53. The molecule has 0 radical (unpaired) electrons. The van der Waals surface area contributed by atoms with Crippen LogP contribution in [0.25, 0.3) is 0 Å². The largest absolute Gasteiger partial charge is 0.316 e. The van der Waals surface area contributed by atoms with Crippen LogP contribution in [0.4, 0.5) is 0 Å². The number of rotatable bonds is 23. The van der Waals surface area contributed by atoms with E-state index >= 15 is 0 Å². The van der Waals surface area contributed by atoms with E-state index in [2.05, 4.69) is 217 Å². The Bertz CT molecular complexity index is 1310. The summed E-state index contributed by atoms with van der Waals surface area (Å²) in [5.74, 6) is 4.96. The minimum absolute atomic E-state index is 0.441. The summed E-state index contributed by atoms with van der Waals surface area (Å²) in [7, 11) is 2.23. The number of hydrogen-bond acceptors (Lipinski definition) is 6. The predicted molar refractivity (Wildman–Crippen MR) is 353 cm³/mol. The van der Waals surface area contributed by atoms with Gasteiger partial charge in [0, 0.05) is 38.3 Å². The van der Waals surface area contributed by atoms with Crippen molar-refractivity contribution >= 4 is 0 Å². The summed E-state index contributed by atoms with van der Waals surface area (Å²) in [5.41, 5.74) is 2.75. The van der Waals surface area contributed by atoms with Gasteiger partial charge in [-0.25, -0.2) is 0 Å². The smallest absolute Gasteiger partial charge is 0.00953 e. The summed E-state index contributed by atoms with van der Waals surface area (Å²) in [6.07, 6.45) is 25.8. The van der Waals surface area contributed by atoms with E-state index in [1.165, 1.54) is 181 Å². The van der Waals surface area contributed by atoms with E-state index in [1.807, 2.05) is 0 Å². The van der Waals surface area contributed by atoms with Crippen LogP contribution in [0.1, 0.15) is 296 Å². The highest BCUT2D eigenvalue weighted by Crippen LogP contribution is 2.48. The Kier molecular flexibility index (Phi) is 41.9. The fourth-order valence-electron chi connectivity index (χ4n) is 12.0. The van der Waals surface area contributed by atoms with Gasteiger partial charge in [-0.15, -0.1) is 0 Å². The molecule has 0 saturated heterocycles. The molecule has 2 N–H and O–H groups in total. The quantitative estimate of drug-likeness (QED) is 0.106. The molecule has 77 heavy (non-hydrogen) atoms. The molecule has 2 bridgehead atoms. The molecule has 6 heteroatoms. The third-order valence-corrected chi connectivity index (χ3v) is 16.0. The number of nitrogens with one attached hydrogen (secondary N) is 2. The van der Waals surface area contributed by atoms with Crippen molar-refractivity contribution in [3.05, 3.63) is 0 Å². The third kappa shape index (κ3) is 50.0. The maximum Gasteiger partial charge on any atom is 0.00953 e. The Morgan fingerprint density at radius 2 is 1.00 bits per heavy atom. The minimum atomic E-state index is 0.441. The Hall–Kier alpha value is -0.240. The first-order valence-electron chi connectivity index (χ1n) is 33.7. The van der Waals surface area contributed by atoms with Crippen LogP contribution < -0.4 is 10.6 Å². The van der Waals surface area contributed by atoms with Crippen LogP contribution in [0.2, 0.25) is 0 Å². The minimum Gasteiger partial charge on any atom is -0.316 e. The van der Waals surface area contributed by atoms with Crippen molar-refractivity contribution in [3.8, 4) is 0 Å². The average molecular weight is 1090 g/mol. The second-order valence-electron chi connectivity index (χ2n) is 33.4. The Morgan fingerprint density at radius 3 is 1.39 bits per heavy atom. The Balaban J connectivity index is 0. The Labute approximate surface area is 489 Å². The van der Waals surface area contributed by atoms with Gasteiger partial charge in [-0.1, -0.05) is 218 Å². The third-order valence-electron chi connectivity index (χ3n) is 16.0. The van der Waals surface area contributed by atoms with Gasteiger partial charge in [-0.05, 0) is 206 Å². The molecule has 0 heterocycles. The number of unbranched alkanes of at least 4 members (excludes halogenated alkanes) is 1. The molecule has 0 aromatic heterocycles. The molecule has 5 aliphatic carbocycles. The SMILES string of the molecule is CC(C)(C)CNCC1CCC2CC1C2.CC(C)CNC(C)CC(C)(C)C.CCCCN(C)CCCC(C)(C)C.CCN(CC(C)(C)C)C1CCCCC1.CCN(CC)CC(C)(C)C.CCN(CC1CCCC1)CC(C)(C)C. The Morgan fingerprint density at radius 1 is 0.506 bits per heavy atom. The molecule has 0 aliphatic heterocycles. The van der Waals surface area contributed by atoms with E-state index in [1.54, 1.807) is 12.8 Å². The van der Waals surface area contributed by atoms with E-state index in [-0.39, 0.29) is 0 Å². The van der Waals surface area contributed by atoms with Crippen molar-refractivity contribution in [1.82, 2.24) is 30.2 Å². The highest BCUT2D eigenvalue weighted by Gasteiger charge is 2.39. The zero-order valence-corrected chi connectivity index (χ0v) is 58.8. The van der Waals surface area contributed by atoms with Gasteiger partial charge < -0.3 is 30.2 Å². The lowest BCUT2D eigenvalue weighted by Gasteiger charge is -2.47. The van der Waals surface area contributed by atoms with Gasteiger partial charge in [0.15, 0.2) is 0 Å². The first-order chi connectivity index (χ1) is 35.3.